The Bertz CT molecular complexity index is 2500. The standard InChI is InChI=1S/C43H29GeNO3S/c46-43-35-20-10-13-23-41(35)49(47,48)42-27-25-30(28-36(42)43)31-24-26-40-38(29-31)44(32-14-4-1-5-15-32,33-16-6-2-7-17-33)37-21-11-12-22-39(37)45(40)34-18-8-3-9-19-34/h1-29H. The molecule has 2 heterocycles. The van der Waals surface area contributed by atoms with E-state index in [1.54, 1.807) is 30.3 Å². The Morgan fingerprint density at radius 2 is 0.980 bits per heavy atom. The van der Waals surface area contributed by atoms with E-state index in [4.69, 9.17) is 0 Å². The predicted molar refractivity (Wildman–Crippen MR) is 199 cm³/mol. The Morgan fingerprint density at radius 3 is 1.69 bits per heavy atom. The molecule has 49 heavy (non-hydrogen) atoms. The van der Waals surface area contributed by atoms with E-state index in [0.717, 1.165) is 22.5 Å². The number of ketones is 1. The second-order valence-corrected chi connectivity index (χ2v) is 22.2. The molecule has 0 fully saturated rings. The van der Waals surface area contributed by atoms with Crippen LogP contribution in [0.3, 0.4) is 0 Å². The van der Waals surface area contributed by atoms with E-state index >= 15 is 0 Å². The number of hydrogen-bond donors (Lipinski definition) is 0. The number of sulfone groups is 1. The Balaban J connectivity index is 1.34. The molecule has 0 saturated heterocycles. The summed E-state index contributed by atoms with van der Waals surface area (Å²) in [6.45, 7) is 0. The van der Waals surface area contributed by atoms with Crippen LogP contribution in [0.4, 0.5) is 17.1 Å². The zero-order chi connectivity index (χ0) is 33.2. The van der Waals surface area contributed by atoms with E-state index in [2.05, 4.69) is 132 Å². The van der Waals surface area contributed by atoms with Crippen LogP contribution in [0.1, 0.15) is 15.9 Å². The van der Waals surface area contributed by atoms with Crippen LogP contribution in [0.5, 0.6) is 0 Å². The normalized spacial score (nSPS) is 15.0. The minimum atomic E-state index is -3.83. The first-order valence-electron chi connectivity index (χ1n) is 16.2. The predicted octanol–water partition coefficient (Wildman–Crippen LogP) is 6.89. The van der Waals surface area contributed by atoms with Gasteiger partial charge in [0.1, 0.15) is 0 Å². The van der Waals surface area contributed by atoms with Gasteiger partial charge in [0.15, 0.2) is 0 Å². The number of anilines is 3. The summed E-state index contributed by atoms with van der Waals surface area (Å²) in [5.41, 5.74) is 5.52. The van der Waals surface area contributed by atoms with Crippen LogP contribution in [-0.2, 0) is 9.84 Å². The van der Waals surface area contributed by atoms with Gasteiger partial charge in [0, 0.05) is 0 Å². The molecule has 234 valence electrons. The van der Waals surface area contributed by atoms with Gasteiger partial charge in [-0.1, -0.05) is 0 Å². The summed E-state index contributed by atoms with van der Waals surface area (Å²) in [5.74, 6) is -0.273. The van der Waals surface area contributed by atoms with Crippen molar-refractivity contribution < 1.29 is 13.2 Å². The fraction of sp³-hybridized carbons (Fsp3) is 0. The molecule has 0 saturated carbocycles. The van der Waals surface area contributed by atoms with Gasteiger partial charge in [-0.2, -0.15) is 0 Å². The number of nitrogens with zero attached hydrogens (tertiary/aromatic N) is 1. The molecule has 0 amide bonds. The van der Waals surface area contributed by atoms with Crippen LogP contribution in [-0.4, -0.2) is 27.5 Å². The molecule has 4 nitrogen and oxygen atoms in total. The summed E-state index contributed by atoms with van der Waals surface area (Å²) in [6, 6.07) is 59.3. The second-order valence-electron chi connectivity index (χ2n) is 12.4. The molecule has 9 rings (SSSR count). The molecule has 0 aromatic heterocycles. The van der Waals surface area contributed by atoms with Crippen molar-refractivity contribution in [1.82, 2.24) is 0 Å². The van der Waals surface area contributed by atoms with E-state index in [1.165, 1.54) is 29.3 Å². The molecular formula is C43H29GeNO3S. The average Bonchev–Trinajstić information content (AvgIpc) is 3.17. The number of para-hydroxylation sites is 2. The quantitative estimate of drug-likeness (QED) is 0.187. The molecule has 0 unspecified atom stereocenters. The number of hydrogen-bond acceptors (Lipinski definition) is 4. The van der Waals surface area contributed by atoms with Crippen molar-refractivity contribution in [2.45, 2.75) is 9.79 Å². The van der Waals surface area contributed by atoms with Crippen LogP contribution < -0.4 is 22.5 Å². The van der Waals surface area contributed by atoms with Gasteiger partial charge in [-0.15, -0.1) is 0 Å². The first kappa shape index (κ1) is 29.6. The number of rotatable bonds is 4. The van der Waals surface area contributed by atoms with Crippen LogP contribution in [0.2, 0.25) is 0 Å². The molecule has 0 bridgehead atoms. The van der Waals surface area contributed by atoms with E-state index < -0.39 is 23.1 Å². The summed E-state index contributed by atoms with van der Waals surface area (Å²) < 4.78 is 32.5. The first-order chi connectivity index (χ1) is 24.0. The van der Waals surface area contributed by atoms with Crippen LogP contribution in [0.25, 0.3) is 11.1 Å². The monoisotopic (exact) mass is 713 g/mol. The SMILES string of the molecule is O=C1c2ccccc2S(=O)(=O)c2ccc(-c3ccc4[c](c3)[Ge]([c]3ccccc3)([c]3ccccc3)[c]3ccccc3N4c3ccccc3)cc21. The summed E-state index contributed by atoms with van der Waals surface area (Å²) in [7, 11) is -3.83. The third-order valence-corrected chi connectivity index (χ3v) is 21.9. The van der Waals surface area contributed by atoms with Crippen molar-refractivity contribution in [1.29, 1.82) is 0 Å². The first-order valence-corrected chi connectivity index (χ1v) is 21.9. The van der Waals surface area contributed by atoms with Crippen molar-refractivity contribution >= 4 is 63.5 Å². The van der Waals surface area contributed by atoms with Crippen molar-refractivity contribution in [2.24, 2.45) is 0 Å². The van der Waals surface area contributed by atoms with Gasteiger partial charge in [0.05, 0.1) is 0 Å². The van der Waals surface area contributed by atoms with E-state index in [0.29, 0.717) is 0 Å². The van der Waals surface area contributed by atoms with Gasteiger partial charge in [-0.3, -0.25) is 0 Å². The molecule has 0 radical (unpaired) electrons. The van der Waals surface area contributed by atoms with E-state index in [1.807, 2.05) is 12.1 Å². The van der Waals surface area contributed by atoms with Crippen molar-refractivity contribution in [3.8, 4) is 11.1 Å². The maximum atomic E-state index is 13.8. The summed E-state index contributed by atoms with van der Waals surface area (Å²) in [4.78, 5) is 16.3. The Labute approximate surface area is 288 Å². The summed E-state index contributed by atoms with van der Waals surface area (Å²) in [5, 5.41) is 0. The molecule has 0 atom stereocenters. The van der Waals surface area contributed by atoms with Gasteiger partial charge in [0.25, 0.3) is 0 Å². The van der Waals surface area contributed by atoms with Crippen LogP contribution in [0, 0.1) is 0 Å². The second kappa shape index (κ2) is 11.3. The van der Waals surface area contributed by atoms with Crippen LogP contribution >= 0.6 is 0 Å². The fourth-order valence-corrected chi connectivity index (χ4v) is 20.2. The van der Waals surface area contributed by atoms with Gasteiger partial charge in [0.2, 0.25) is 0 Å². The van der Waals surface area contributed by atoms with Gasteiger partial charge in [-0.25, -0.2) is 0 Å². The Hall–Kier alpha value is -5.50. The molecular weight excluding hydrogens is 683 g/mol. The third kappa shape index (κ3) is 4.36. The van der Waals surface area contributed by atoms with Crippen LogP contribution in [0.15, 0.2) is 186 Å². The number of carbonyl (C=O) groups is 1. The Kier molecular flexibility index (Phi) is 6.83. The zero-order valence-electron chi connectivity index (χ0n) is 26.3. The van der Waals surface area contributed by atoms with E-state index in [9.17, 15) is 13.2 Å². The van der Waals surface area contributed by atoms with Crippen molar-refractivity contribution in [3.63, 3.8) is 0 Å². The minimum absolute atomic E-state index is 0.0580. The number of fused-ring (bicyclic) bond motifs is 4. The summed E-state index contributed by atoms with van der Waals surface area (Å²) >= 11 is -3.72. The number of carbonyl (C=O) groups excluding carboxylic acids is 1. The zero-order valence-corrected chi connectivity index (χ0v) is 29.2. The molecule has 0 spiro atoms. The molecule has 2 aliphatic rings. The average molecular weight is 712 g/mol. The van der Waals surface area contributed by atoms with Crippen molar-refractivity contribution in [3.05, 3.63) is 187 Å². The molecule has 7 aromatic rings. The fourth-order valence-electron chi connectivity index (χ4n) is 7.77. The van der Waals surface area contributed by atoms with Gasteiger partial charge in [-0.05, 0) is 0 Å². The van der Waals surface area contributed by atoms with Gasteiger partial charge >= 0.3 is 290 Å². The Morgan fingerprint density at radius 1 is 0.449 bits per heavy atom. The molecule has 6 heteroatoms. The number of benzene rings is 7. The maximum absolute atomic E-state index is 13.8. The molecule has 0 N–H and O–H groups in total. The molecule has 0 aliphatic carbocycles. The third-order valence-electron chi connectivity index (χ3n) is 9.89. The van der Waals surface area contributed by atoms with Gasteiger partial charge < -0.3 is 0 Å². The van der Waals surface area contributed by atoms with E-state index in [-0.39, 0.29) is 26.7 Å². The topological polar surface area (TPSA) is 54.5 Å². The molecule has 2 aliphatic heterocycles. The van der Waals surface area contributed by atoms with Crippen molar-refractivity contribution in [2.75, 3.05) is 4.90 Å². The molecule has 7 aromatic carbocycles. The summed E-state index contributed by atoms with van der Waals surface area (Å²) in [6.07, 6.45) is 0.